The predicted octanol–water partition coefficient (Wildman–Crippen LogP) is 2.86. The van der Waals surface area contributed by atoms with Gasteiger partial charge in [0.2, 0.25) is 11.8 Å². The van der Waals surface area contributed by atoms with Gasteiger partial charge in [0.05, 0.1) is 12.4 Å². The van der Waals surface area contributed by atoms with E-state index in [2.05, 4.69) is 50.9 Å². The van der Waals surface area contributed by atoms with Crippen LogP contribution < -0.4 is 16.4 Å². The highest BCUT2D eigenvalue weighted by Crippen LogP contribution is 2.20. The van der Waals surface area contributed by atoms with Crippen LogP contribution in [0.5, 0.6) is 0 Å². The molecule has 5 N–H and O–H groups in total. The van der Waals surface area contributed by atoms with Gasteiger partial charge in [0, 0.05) is 55.4 Å². The predicted molar refractivity (Wildman–Crippen MR) is 153 cm³/mol. The molecule has 9 heteroatoms. The highest BCUT2D eigenvalue weighted by molar-refractivity contribution is 6.31. The Morgan fingerprint density at radius 2 is 1.87 bits per heavy atom. The maximum atomic E-state index is 13.8. The minimum absolute atomic E-state index is 0.100. The van der Waals surface area contributed by atoms with E-state index in [1.807, 2.05) is 35.2 Å². The third-order valence-corrected chi connectivity index (χ3v) is 7.56. The molecular weight excluding hydrogens is 512 g/mol. The van der Waals surface area contributed by atoms with Gasteiger partial charge in [0.1, 0.15) is 6.04 Å². The Bertz CT molecular complexity index is 1430. The van der Waals surface area contributed by atoms with E-state index in [0.717, 1.165) is 17.7 Å². The van der Waals surface area contributed by atoms with Gasteiger partial charge in [-0.2, -0.15) is 0 Å². The lowest BCUT2D eigenvalue weighted by atomic mass is 9.99. The number of aromatic nitrogens is 2. The lowest BCUT2D eigenvalue weighted by Crippen LogP contribution is -2.59. The number of nitrogens with zero attached hydrogens (tertiary/aromatic N) is 2. The fourth-order valence-corrected chi connectivity index (χ4v) is 5.33. The minimum Gasteiger partial charge on any atom is -0.348 e. The van der Waals surface area contributed by atoms with Gasteiger partial charge in [-0.05, 0) is 34.4 Å². The first-order valence-electron chi connectivity index (χ1n) is 13.2. The fraction of sp³-hybridized carbons (Fsp3) is 0.300. The first-order valence-corrected chi connectivity index (χ1v) is 13.6. The number of hydrogen-bond acceptors (Lipinski definition) is 5. The van der Waals surface area contributed by atoms with Gasteiger partial charge in [-0.15, -0.1) is 0 Å². The van der Waals surface area contributed by atoms with Crippen LogP contribution in [0, 0.1) is 0 Å². The number of nitrogens with one attached hydrogen (secondary N) is 3. The zero-order chi connectivity index (χ0) is 27.2. The fourth-order valence-electron chi connectivity index (χ4n) is 5.12. The van der Waals surface area contributed by atoms with Crippen LogP contribution in [-0.4, -0.2) is 64.4 Å². The number of piperazine rings is 1. The van der Waals surface area contributed by atoms with Crippen molar-refractivity contribution in [2.24, 2.45) is 5.73 Å². The molecule has 39 heavy (non-hydrogen) atoms. The Morgan fingerprint density at radius 3 is 2.67 bits per heavy atom. The van der Waals surface area contributed by atoms with Crippen LogP contribution in [0.3, 0.4) is 0 Å². The Morgan fingerprint density at radius 1 is 1.08 bits per heavy atom. The van der Waals surface area contributed by atoms with Gasteiger partial charge in [-0.1, -0.05) is 72.3 Å². The van der Waals surface area contributed by atoms with Crippen LogP contribution >= 0.6 is 11.6 Å². The largest absolute Gasteiger partial charge is 0.348 e. The molecule has 1 saturated heterocycles. The van der Waals surface area contributed by atoms with Crippen LogP contribution in [0.15, 0.2) is 79.3 Å². The molecule has 202 valence electrons. The molecule has 2 amide bonds. The molecule has 0 aliphatic carbocycles. The molecule has 8 nitrogen and oxygen atoms in total. The number of carbonyl (C=O) groups is 2. The van der Waals surface area contributed by atoms with E-state index in [4.69, 9.17) is 17.3 Å². The maximum Gasteiger partial charge on any atom is 0.245 e. The third kappa shape index (κ3) is 6.84. The van der Waals surface area contributed by atoms with Gasteiger partial charge in [-0.25, -0.2) is 4.98 Å². The highest BCUT2D eigenvalue weighted by Gasteiger charge is 2.31. The quantitative estimate of drug-likeness (QED) is 0.258. The summed E-state index contributed by atoms with van der Waals surface area (Å²) >= 11 is 6.42. The number of aromatic amines is 1. The molecule has 1 aromatic heterocycles. The SMILES string of the molecule is NC(Cc1cnc[nH]1)C(=O)N[C@H](Cc1ccccc1Cl)C(=O)N1CCNC(Cc2ccc3ccccc3c2)C1. The number of carbonyl (C=O) groups excluding carboxylic acids is 2. The summed E-state index contributed by atoms with van der Waals surface area (Å²) in [4.78, 5) is 35.7. The molecule has 0 bridgehead atoms. The summed E-state index contributed by atoms with van der Waals surface area (Å²) in [6, 6.07) is 20.7. The molecule has 0 radical (unpaired) electrons. The highest BCUT2D eigenvalue weighted by atomic mass is 35.5. The van der Waals surface area contributed by atoms with Crippen molar-refractivity contribution in [1.82, 2.24) is 25.5 Å². The molecule has 1 aliphatic rings. The monoisotopic (exact) mass is 544 g/mol. The number of benzene rings is 3. The Labute approximate surface area is 232 Å². The third-order valence-electron chi connectivity index (χ3n) is 7.19. The zero-order valence-corrected chi connectivity index (χ0v) is 22.4. The molecule has 5 rings (SSSR count). The summed E-state index contributed by atoms with van der Waals surface area (Å²) < 4.78 is 0. The summed E-state index contributed by atoms with van der Waals surface area (Å²) in [7, 11) is 0. The van der Waals surface area contributed by atoms with E-state index in [0.29, 0.717) is 31.1 Å². The van der Waals surface area contributed by atoms with Crippen LogP contribution in [0.25, 0.3) is 10.8 Å². The number of hydrogen-bond donors (Lipinski definition) is 4. The number of H-pyrrole nitrogens is 1. The standard InChI is InChI=1S/C30H33ClN6O2/c31-26-8-4-3-7-23(26)15-28(36-29(38)27(32)16-24-17-33-19-35-24)30(39)37-12-11-34-25(18-37)14-20-9-10-21-5-1-2-6-22(21)13-20/h1-10,13,17,19,25,27-28,34H,11-12,14-16,18,32H2,(H,33,35)(H,36,38)/t25?,27?,28-/m1/s1. The van der Waals surface area contributed by atoms with Crippen LogP contribution in [0.4, 0.5) is 0 Å². The van der Waals surface area contributed by atoms with E-state index in [1.165, 1.54) is 16.3 Å². The lowest BCUT2D eigenvalue weighted by Gasteiger charge is -2.36. The van der Waals surface area contributed by atoms with Gasteiger partial charge in [0.25, 0.3) is 0 Å². The van der Waals surface area contributed by atoms with Crippen molar-refractivity contribution in [3.05, 3.63) is 101 Å². The van der Waals surface area contributed by atoms with E-state index in [1.54, 1.807) is 18.6 Å². The van der Waals surface area contributed by atoms with Crippen molar-refractivity contribution in [3.63, 3.8) is 0 Å². The van der Waals surface area contributed by atoms with Gasteiger partial charge in [0.15, 0.2) is 0 Å². The first-order chi connectivity index (χ1) is 19.0. The summed E-state index contributed by atoms with van der Waals surface area (Å²) in [6.07, 6.45) is 4.55. The van der Waals surface area contributed by atoms with Crippen molar-refractivity contribution in [2.75, 3.05) is 19.6 Å². The second kappa shape index (κ2) is 12.4. The van der Waals surface area contributed by atoms with Crippen LogP contribution in [0.1, 0.15) is 16.8 Å². The van der Waals surface area contributed by atoms with Crippen molar-refractivity contribution < 1.29 is 9.59 Å². The number of nitrogens with two attached hydrogens (primary N) is 1. The summed E-state index contributed by atoms with van der Waals surface area (Å²) in [5.74, 6) is -0.528. The number of imidazole rings is 1. The molecule has 0 spiro atoms. The van der Waals surface area contributed by atoms with Crippen molar-refractivity contribution >= 4 is 34.2 Å². The average Bonchev–Trinajstić information content (AvgIpc) is 3.46. The minimum atomic E-state index is -0.823. The molecule has 0 saturated carbocycles. The summed E-state index contributed by atoms with van der Waals surface area (Å²) in [5.41, 5.74) is 8.95. The number of fused-ring (bicyclic) bond motifs is 1. The molecule has 4 aromatic rings. The first kappa shape index (κ1) is 26.9. The molecule has 2 heterocycles. The topological polar surface area (TPSA) is 116 Å². The van der Waals surface area contributed by atoms with Crippen molar-refractivity contribution in [1.29, 1.82) is 0 Å². The number of rotatable bonds is 9. The number of halogens is 1. The Kier molecular flexibility index (Phi) is 8.56. The average molecular weight is 545 g/mol. The molecule has 1 aliphatic heterocycles. The molecule has 3 aromatic carbocycles. The lowest BCUT2D eigenvalue weighted by molar-refractivity contribution is -0.137. The van der Waals surface area contributed by atoms with Crippen molar-refractivity contribution in [3.8, 4) is 0 Å². The van der Waals surface area contributed by atoms with Crippen LogP contribution in [0.2, 0.25) is 5.02 Å². The van der Waals surface area contributed by atoms with Gasteiger partial charge >= 0.3 is 0 Å². The second-order valence-corrected chi connectivity index (χ2v) is 10.5. The molecule has 3 atom stereocenters. The summed E-state index contributed by atoms with van der Waals surface area (Å²) in [6.45, 7) is 1.78. The Balaban J connectivity index is 1.29. The smallest absolute Gasteiger partial charge is 0.245 e. The number of amides is 2. The van der Waals surface area contributed by atoms with Gasteiger partial charge in [-0.3, -0.25) is 9.59 Å². The van der Waals surface area contributed by atoms with E-state index in [9.17, 15) is 9.59 Å². The molecular formula is C30H33ClN6O2. The van der Waals surface area contributed by atoms with Crippen molar-refractivity contribution in [2.45, 2.75) is 37.4 Å². The van der Waals surface area contributed by atoms with Gasteiger partial charge < -0.3 is 26.3 Å². The Hall–Kier alpha value is -3.72. The maximum absolute atomic E-state index is 13.8. The summed E-state index contributed by atoms with van der Waals surface area (Å²) in [5, 5.41) is 9.43. The van der Waals surface area contributed by atoms with E-state index in [-0.39, 0.29) is 18.4 Å². The normalized spacial score (nSPS) is 17.1. The van der Waals surface area contributed by atoms with Crippen LogP contribution in [-0.2, 0) is 28.9 Å². The second-order valence-electron chi connectivity index (χ2n) is 10.1. The molecule has 2 unspecified atom stereocenters. The zero-order valence-electron chi connectivity index (χ0n) is 21.6. The van der Waals surface area contributed by atoms with E-state index >= 15 is 0 Å². The van der Waals surface area contributed by atoms with E-state index < -0.39 is 18.0 Å². The molecule has 1 fully saturated rings.